The summed E-state index contributed by atoms with van der Waals surface area (Å²) in [5.74, 6) is 0.167. The van der Waals surface area contributed by atoms with Crippen molar-refractivity contribution in [1.29, 1.82) is 0 Å². The lowest BCUT2D eigenvalue weighted by Gasteiger charge is -2.31. The molecule has 64 valence electrons. The third kappa shape index (κ3) is 1.79. The van der Waals surface area contributed by atoms with Crippen molar-refractivity contribution in [2.45, 2.75) is 19.8 Å². The lowest BCUT2D eigenvalue weighted by Crippen LogP contribution is -2.38. The van der Waals surface area contributed by atoms with Gasteiger partial charge in [-0.05, 0) is 12.8 Å². The molecule has 0 bridgehead atoms. The summed E-state index contributed by atoms with van der Waals surface area (Å²) in [5, 5.41) is 0. The summed E-state index contributed by atoms with van der Waals surface area (Å²) in [5.41, 5.74) is 5.10. The molecule has 3 heteroatoms. The second kappa shape index (κ2) is 3.32. The molecule has 1 saturated heterocycles. The van der Waals surface area contributed by atoms with Gasteiger partial charge in [0.15, 0.2) is 5.78 Å². The summed E-state index contributed by atoms with van der Waals surface area (Å²) in [6, 6.07) is 0. The lowest BCUT2D eigenvalue weighted by atomic mass is 9.78. The van der Waals surface area contributed by atoms with E-state index >= 15 is 0 Å². The van der Waals surface area contributed by atoms with Crippen molar-refractivity contribution in [3.05, 3.63) is 0 Å². The van der Waals surface area contributed by atoms with Crippen molar-refractivity contribution in [3.63, 3.8) is 0 Å². The van der Waals surface area contributed by atoms with E-state index in [1.54, 1.807) is 0 Å². The fraction of sp³-hybridized carbons (Fsp3) is 0.875. The van der Waals surface area contributed by atoms with Crippen LogP contribution in [-0.2, 0) is 9.53 Å². The van der Waals surface area contributed by atoms with Crippen LogP contribution in [0.1, 0.15) is 19.8 Å². The van der Waals surface area contributed by atoms with Crippen molar-refractivity contribution in [2.24, 2.45) is 11.1 Å². The highest BCUT2D eigenvalue weighted by Crippen LogP contribution is 2.30. The molecule has 2 N–H and O–H groups in total. The van der Waals surface area contributed by atoms with Crippen molar-refractivity contribution < 1.29 is 9.53 Å². The molecular formula is C8H15NO2. The number of Topliss-reactive ketones (excluding diaryl/α,β-unsaturated/α-hetero) is 1. The molecule has 3 nitrogen and oxygen atoms in total. The molecule has 0 aromatic carbocycles. The van der Waals surface area contributed by atoms with Crippen LogP contribution in [0.25, 0.3) is 0 Å². The first-order valence-electron chi connectivity index (χ1n) is 4.00. The van der Waals surface area contributed by atoms with Crippen molar-refractivity contribution in [1.82, 2.24) is 0 Å². The number of rotatable bonds is 2. The third-order valence-electron chi connectivity index (χ3n) is 2.45. The van der Waals surface area contributed by atoms with E-state index in [1.807, 2.05) is 6.92 Å². The van der Waals surface area contributed by atoms with Crippen LogP contribution in [0, 0.1) is 5.41 Å². The molecule has 1 rings (SSSR count). The van der Waals surface area contributed by atoms with Gasteiger partial charge in [0.1, 0.15) is 0 Å². The Labute approximate surface area is 66.9 Å². The second-order valence-electron chi connectivity index (χ2n) is 3.30. The Morgan fingerprint density at radius 2 is 2.09 bits per heavy atom. The van der Waals surface area contributed by atoms with Gasteiger partial charge in [-0.3, -0.25) is 4.79 Å². The molecule has 1 fully saturated rings. The first-order valence-corrected chi connectivity index (χ1v) is 4.00. The molecular weight excluding hydrogens is 142 g/mol. The average molecular weight is 157 g/mol. The number of nitrogens with two attached hydrogens (primary N) is 1. The number of carbonyl (C=O) groups is 1. The van der Waals surface area contributed by atoms with E-state index in [0.29, 0.717) is 13.2 Å². The molecule has 0 radical (unpaired) electrons. The van der Waals surface area contributed by atoms with Gasteiger partial charge >= 0.3 is 0 Å². The molecule has 1 aliphatic rings. The van der Waals surface area contributed by atoms with Crippen molar-refractivity contribution in [3.8, 4) is 0 Å². The van der Waals surface area contributed by atoms with Gasteiger partial charge in [0.25, 0.3) is 0 Å². The second-order valence-corrected chi connectivity index (χ2v) is 3.30. The van der Waals surface area contributed by atoms with E-state index in [0.717, 1.165) is 12.8 Å². The van der Waals surface area contributed by atoms with Crippen LogP contribution in [0.5, 0.6) is 0 Å². The van der Waals surface area contributed by atoms with E-state index in [1.165, 1.54) is 0 Å². The Morgan fingerprint density at radius 3 is 2.55 bits per heavy atom. The minimum atomic E-state index is -0.201. The zero-order valence-corrected chi connectivity index (χ0v) is 6.93. The van der Waals surface area contributed by atoms with Gasteiger partial charge < -0.3 is 10.5 Å². The van der Waals surface area contributed by atoms with Gasteiger partial charge in [-0.25, -0.2) is 0 Å². The summed E-state index contributed by atoms with van der Waals surface area (Å²) in [6.45, 7) is 3.53. The SMILES string of the molecule is CC1(C(=O)CN)CCOCC1. The number of hydrogen-bond acceptors (Lipinski definition) is 3. The molecule has 0 amide bonds. The van der Waals surface area contributed by atoms with Crippen LogP contribution < -0.4 is 5.73 Å². The predicted octanol–water partition coefficient (Wildman–Crippen LogP) is 0.331. The Morgan fingerprint density at radius 1 is 1.55 bits per heavy atom. The zero-order chi connectivity index (χ0) is 8.32. The molecule has 0 unspecified atom stereocenters. The first-order chi connectivity index (χ1) is 5.19. The predicted molar refractivity (Wildman–Crippen MR) is 42.2 cm³/mol. The van der Waals surface area contributed by atoms with Crippen LogP contribution in [0.3, 0.4) is 0 Å². The number of ketones is 1. The fourth-order valence-corrected chi connectivity index (χ4v) is 1.35. The van der Waals surface area contributed by atoms with Gasteiger partial charge in [-0.15, -0.1) is 0 Å². The van der Waals surface area contributed by atoms with Crippen LogP contribution in [-0.4, -0.2) is 25.5 Å². The van der Waals surface area contributed by atoms with E-state index in [2.05, 4.69) is 0 Å². The largest absolute Gasteiger partial charge is 0.381 e. The fourth-order valence-electron chi connectivity index (χ4n) is 1.35. The molecule has 0 aromatic heterocycles. The van der Waals surface area contributed by atoms with Crippen LogP contribution >= 0.6 is 0 Å². The zero-order valence-electron chi connectivity index (χ0n) is 6.93. The van der Waals surface area contributed by atoms with E-state index in [9.17, 15) is 4.79 Å². The quantitative estimate of drug-likeness (QED) is 0.628. The highest BCUT2D eigenvalue weighted by molar-refractivity contribution is 5.86. The smallest absolute Gasteiger partial charge is 0.152 e. The van der Waals surface area contributed by atoms with Gasteiger partial charge in [0.05, 0.1) is 6.54 Å². The lowest BCUT2D eigenvalue weighted by molar-refractivity contribution is -0.131. The number of carbonyl (C=O) groups excluding carboxylic acids is 1. The topological polar surface area (TPSA) is 52.3 Å². The van der Waals surface area contributed by atoms with Gasteiger partial charge in [0, 0.05) is 18.6 Å². The standard InChI is InChI=1S/C8H15NO2/c1-8(7(10)6-9)2-4-11-5-3-8/h2-6,9H2,1H3. The Kier molecular flexibility index (Phi) is 2.62. The Balaban J connectivity index is 2.56. The number of hydrogen-bond donors (Lipinski definition) is 1. The Hall–Kier alpha value is -0.410. The van der Waals surface area contributed by atoms with E-state index in [4.69, 9.17) is 10.5 Å². The van der Waals surface area contributed by atoms with E-state index < -0.39 is 0 Å². The summed E-state index contributed by atoms with van der Waals surface area (Å²) in [4.78, 5) is 11.3. The van der Waals surface area contributed by atoms with Crippen LogP contribution in [0.2, 0.25) is 0 Å². The van der Waals surface area contributed by atoms with E-state index in [-0.39, 0.29) is 17.7 Å². The maximum Gasteiger partial charge on any atom is 0.152 e. The van der Waals surface area contributed by atoms with Crippen molar-refractivity contribution >= 4 is 5.78 Å². The summed E-state index contributed by atoms with van der Waals surface area (Å²) >= 11 is 0. The third-order valence-corrected chi connectivity index (χ3v) is 2.45. The minimum absolute atomic E-state index is 0.163. The highest BCUT2D eigenvalue weighted by atomic mass is 16.5. The molecule has 0 spiro atoms. The average Bonchev–Trinajstić information content (AvgIpc) is 2.04. The van der Waals surface area contributed by atoms with Crippen LogP contribution in [0.15, 0.2) is 0 Å². The molecule has 0 aromatic rings. The van der Waals surface area contributed by atoms with Gasteiger partial charge in [-0.1, -0.05) is 6.92 Å². The molecule has 0 saturated carbocycles. The summed E-state index contributed by atoms with van der Waals surface area (Å²) in [7, 11) is 0. The van der Waals surface area contributed by atoms with Gasteiger partial charge in [0.2, 0.25) is 0 Å². The normalized spacial score (nSPS) is 23.1. The highest BCUT2D eigenvalue weighted by Gasteiger charge is 2.33. The monoisotopic (exact) mass is 157 g/mol. The molecule has 0 aliphatic carbocycles. The summed E-state index contributed by atoms with van der Waals surface area (Å²) < 4.78 is 5.17. The maximum atomic E-state index is 11.3. The minimum Gasteiger partial charge on any atom is -0.381 e. The first kappa shape index (κ1) is 8.68. The van der Waals surface area contributed by atoms with Crippen molar-refractivity contribution in [2.75, 3.05) is 19.8 Å². The molecule has 1 heterocycles. The van der Waals surface area contributed by atoms with Gasteiger partial charge in [-0.2, -0.15) is 0 Å². The molecule has 0 atom stereocenters. The molecule has 1 aliphatic heterocycles. The molecule has 11 heavy (non-hydrogen) atoms. The van der Waals surface area contributed by atoms with Crippen LogP contribution in [0.4, 0.5) is 0 Å². The maximum absolute atomic E-state index is 11.3. The Bertz CT molecular complexity index is 150. The summed E-state index contributed by atoms with van der Waals surface area (Å²) in [6.07, 6.45) is 1.64. The number of ether oxygens (including phenoxy) is 1.